The number of aromatic nitrogens is 3. The summed E-state index contributed by atoms with van der Waals surface area (Å²) in [6.45, 7) is 2.62. The molecule has 4 nitrogen and oxygen atoms in total. The lowest BCUT2D eigenvalue weighted by Crippen LogP contribution is -1.97. The van der Waals surface area contributed by atoms with E-state index in [1.807, 2.05) is 41.9 Å². The van der Waals surface area contributed by atoms with Gasteiger partial charge in [-0.3, -0.25) is 0 Å². The van der Waals surface area contributed by atoms with E-state index in [4.69, 9.17) is 16.3 Å². The molecule has 0 N–H and O–H groups in total. The fraction of sp³-hybridized carbons (Fsp3) is 0.286. The number of fused-ring (bicyclic) bond motifs is 1. The Hall–Kier alpha value is -1.59. The number of imidazole rings is 1. The number of ether oxygens (including phenoxy) is 1. The zero-order chi connectivity index (χ0) is 13.9. The predicted octanol–water partition coefficient (Wildman–Crippen LogP) is 3.77. The molecule has 0 aliphatic rings. The molecular weight excluding hydrogens is 294 g/mol. The Kier molecular flexibility index (Phi) is 3.89. The summed E-state index contributed by atoms with van der Waals surface area (Å²) in [7, 11) is 0. The standard InChI is InChI=1S/C14H14ClN3OS/c1-10-17-18-9-13(16-14(18)20-10)11-3-5-12(6-4-11)19-8-2-7-15/h3-6,9H,2,7-8H2,1H3. The van der Waals surface area contributed by atoms with Crippen LogP contribution in [-0.4, -0.2) is 27.1 Å². The normalized spacial score (nSPS) is 11.1. The molecule has 2 aromatic heterocycles. The molecule has 0 saturated carbocycles. The number of hydrogen-bond donors (Lipinski definition) is 0. The highest BCUT2D eigenvalue weighted by Crippen LogP contribution is 2.24. The number of hydrogen-bond acceptors (Lipinski definition) is 4. The Morgan fingerprint density at radius 3 is 2.80 bits per heavy atom. The Morgan fingerprint density at radius 2 is 2.10 bits per heavy atom. The van der Waals surface area contributed by atoms with Crippen LogP contribution in [0.2, 0.25) is 0 Å². The molecule has 0 aliphatic carbocycles. The van der Waals surface area contributed by atoms with Crippen LogP contribution in [0.1, 0.15) is 11.4 Å². The molecule has 3 rings (SSSR count). The molecule has 104 valence electrons. The van der Waals surface area contributed by atoms with Crippen LogP contribution in [0.4, 0.5) is 0 Å². The highest BCUT2D eigenvalue weighted by Gasteiger charge is 2.07. The molecule has 20 heavy (non-hydrogen) atoms. The maximum absolute atomic E-state index is 5.62. The van der Waals surface area contributed by atoms with Gasteiger partial charge in [-0.05, 0) is 37.6 Å². The van der Waals surface area contributed by atoms with Crippen molar-refractivity contribution in [3.8, 4) is 17.0 Å². The predicted molar refractivity (Wildman–Crippen MR) is 81.9 cm³/mol. The van der Waals surface area contributed by atoms with Gasteiger partial charge in [-0.2, -0.15) is 5.10 Å². The van der Waals surface area contributed by atoms with Gasteiger partial charge in [-0.15, -0.1) is 11.6 Å². The van der Waals surface area contributed by atoms with Crippen LogP contribution in [-0.2, 0) is 0 Å². The molecule has 1 aromatic carbocycles. The third-order valence-electron chi connectivity index (χ3n) is 2.84. The van der Waals surface area contributed by atoms with E-state index in [-0.39, 0.29) is 0 Å². The first-order chi connectivity index (χ1) is 9.76. The van der Waals surface area contributed by atoms with Gasteiger partial charge in [0.15, 0.2) is 0 Å². The number of rotatable bonds is 5. The number of alkyl halides is 1. The zero-order valence-electron chi connectivity index (χ0n) is 11.0. The fourth-order valence-electron chi connectivity index (χ4n) is 1.91. The van der Waals surface area contributed by atoms with E-state index >= 15 is 0 Å². The smallest absolute Gasteiger partial charge is 0.212 e. The van der Waals surface area contributed by atoms with Crippen LogP contribution in [0.3, 0.4) is 0 Å². The summed E-state index contributed by atoms with van der Waals surface area (Å²) in [5.41, 5.74) is 1.99. The second kappa shape index (κ2) is 5.81. The summed E-state index contributed by atoms with van der Waals surface area (Å²) >= 11 is 7.20. The van der Waals surface area contributed by atoms with Crippen molar-refractivity contribution < 1.29 is 4.74 Å². The van der Waals surface area contributed by atoms with E-state index in [1.165, 1.54) is 0 Å². The van der Waals surface area contributed by atoms with Gasteiger partial charge >= 0.3 is 0 Å². The van der Waals surface area contributed by atoms with Gasteiger partial charge in [-0.25, -0.2) is 9.50 Å². The number of benzene rings is 1. The Balaban J connectivity index is 1.77. The second-order valence-electron chi connectivity index (χ2n) is 4.39. The van der Waals surface area contributed by atoms with Crippen molar-refractivity contribution in [2.45, 2.75) is 13.3 Å². The van der Waals surface area contributed by atoms with Crippen molar-refractivity contribution in [3.63, 3.8) is 0 Å². The minimum atomic E-state index is 0.621. The fourth-order valence-corrected chi connectivity index (χ4v) is 2.74. The Labute approximate surface area is 126 Å². The summed E-state index contributed by atoms with van der Waals surface area (Å²) in [6.07, 6.45) is 2.80. The van der Waals surface area contributed by atoms with E-state index in [9.17, 15) is 0 Å². The lowest BCUT2D eigenvalue weighted by Gasteiger charge is -2.05. The third-order valence-corrected chi connectivity index (χ3v) is 3.95. The average molecular weight is 308 g/mol. The third kappa shape index (κ3) is 2.78. The van der Waals surface area contributed by atoms with Crippen molar-refractivity contribution in [1.29, 1.82) is 0 Å². The molecule has 6 heteroatoms. The summed E-state index contributed by atoms with van der Waals surface area (Å²) < 4.78 is 7.40. The van der Waals surface area contributed by atoms with E-state index in [2.05, 4.69) is 10.1 Å². The SMILES string of the molecule is Cc1nn2cc(-c3ccc(OCCCCl)cc3)nc2s1. The highest BCUT2D eigenvalue weighted by atomic mass is 35.5. The van der Waals surface area contributed by atoms with Gasteiger partial charge in [0.1, 0.15) is 10.8 Å². The van der Waals surface area contributed by atoms with Crippen molar-refractivity contribution >= 4 is 27.9 Å². The summed E-state index contributed by atoms with van der Waals surface area (Å²) in [5.74, 6) is 1.48. The van der Waals surface area contributed by atoms with Crippen LogP contribution in [0.15, 0.2) is 30.5 Å². The maximum Gasteiger partial charge on any atom is 0.212 e. The molecule has 2 heterocycles. The first-order valence-corrected chi connectivity index (χ1v) is 7.73. The van der Waals surface area contributed by atoms with Gasteiger partial charge in [-0.1, -0.05) is 11.3 Å². The number of aryl methyl sites for hydroxylation is 1. The summed E-state index contributed by atoms with van der Waals surface area (Å²) in [4.78, 5) is 5.49. The van der Waals surface area contributed by atoms with Crippen molar-refractivity contribution in [3.05, 3.63) is 35.5 Å². The van der Waals surface area contributed by atoms with Crippen LogP contribution in [0, 0.1) is 6.92 Å². The zero-order valence-corrected chi connectivity index (χ0v) is 12.6. The second-order valence-corrected chi connectivity index (χ2v) is 5.93. The van der Waals surface area contributed by atoms with Gasteiger partial charge in [0.25, 0.3) is 0 Å². The first-order valence-electron chi connectivity index (χ1n) is 6.38. The molecule has 0 aliphatic heterocycles. The topological polar surface area (TPSA) is 39.4 Å². The number of halogens is 1. The van der Waals surface area contributed by atoms with Gasteiger partial charge in [0.2, 0.25) is 4.96 Å². The van der Waals surface area contributed by atoms with Crippen molar-refractivity contribution in [2.75, 3.05) is 12.5 Å². The molecule has 0 fully saturated rings. The van der Waals surface area contributed by atoms with Crippen LogP contribution < -0.4 is 4.74 Å². The van der Waals surface area contributed by atoms with Gasteiger partial charge < -0.3 is 4.74 Å². The van der Waals surface area contributed by atoms with Gasteiger partial charge in [0.05, 0.1) is 18.5 Å². The lowest BCUT2D eigenvalue weighted by molar-refractivity contribution is 0.318. The lowest BCUT2D eigenvalue weighted by atomic mass is 10.2. The molecule has 3 aromatic rings. The quantitative estimate of drug-likeness (QED) is 0.532. The van der Waals surface area contributed by atoms with E-state index in [0.717, 1.165) is 33.4 Å². The minimum absolute atomic E-state index is 0.621. The molecule has 0 radical (unpaired) electrons. The van der Waals surface area contributed by atoms with Crippen LogP contribution in [0.25, 0.3) is 16.2 Å². The average Bonchev–Trinajstić information content (AvgIpc) is 2.97. The molecule has 0 atom stereocenters. The van der Waals surface area contributed by atoms with Crippen molar-refractivity contribution in [1.82, 2.24) is 14.6 Å². The first kappa shape index (κ1) is 13.4. The van der Waals surface area contributed by atoms with Crippen LogP contribution >= 0.6 is 22.9 Å². The minimum Gasteiger partial charge on any atom is -0.494 e. The Bertz CT molecular complexity index is 673. The van der Waals surface area contributed by atoms with E-state index in [1.54, 1.807) is 11.3 Å². The molecule has 0 amide bonds. The monoisotopic (exact) mass is 307 g/mol. The molecule has 0 unspecified atom stereocenters. The molecular formula is C14H14ClN3OS. The van der Waals surface area contributed by atoms with Gasteiger partial charge in [0, 0.05) is 11.4 Å². The van der Waals surface area contributed by atoms with E-state index in [0.29, 0.717) is 12.5 Å². The molecule has 0 spiro atoms. The van der Waals surface area contributed by atoms with Crippen molar-refractivity contribution in [2.24, 2.45) is 0 Å². The Morgan fingerprint density at radius 1 is 1.30 bits per heavy atom. The largest absolute Gasteiger partial charge is 0.494 e. The maximum atomic E-state index is 5.62. The highest BCUT2D eigenvalue weighted by molar-refractivity contribution is 7.16. The summed E-state index contributed by atoms with van der Waals surface area (Å²) in [5, 5.41) is 5.38. The van der Waals surface area contributed by atoms with Crippen LogP contribution in [0.5, 0.6) is 5.75 Å². The molecule has 0 saturated heterocycles. The summed E-state index contributed by atoms with van der Waals surface area (Å²) in [6, 6.07) is 7.93. The molecule has 0 bridgehead atoms. The number of nitrogens with zero attached hydrogens (tertiary/aromatic N) is 3. The van der Waals surface area contributed by atoms with E-state index < -0.39 is 0 Å².